The molecule has 1 fully saturated rings. The average Bonchev–Trinajstić information content (AvgIpc) is 2.31. The van der Waals surface area contributed by atoms with Crippen LogP contribution in [0.15, 0.2) is 23.8 Å². The van der Waals surface area contributed by atoms with Crippen LogP contribution in [-0.2, 0) is 4.79 Å². The van der Waals surface area contributed by atoms with Gasteiger partial charge in [-0.2, -0.15) is 0 Å². The van der Waals surface area contributed by atoms with Crippen LogP contribution in [0.2, 0.25) is 0 Å². The van der Waals surface area contributed by atoms with Gasteiger partial charge < -0.3 is 5.11 Å². The predicted octanol–water partition coefficient (Wildman–Crippen LogP) is 2.88. The first-order chi connectivity index (χ1) is 7.95. The summed E-state index contributed by atoms with van der Waals surface area (Å²) in [5.74, 6) is 1.06. The average molecular weight is 234 g/mol. The molecule has 2 aliphatic rings. The molecular weight excluding hydrogens is 212 g/mol. The quantitative estimate of drug-likeness (QED) is 0.708. The van der Waals surface area contributed by atoms with Crippen LogP contribution in [0.4, 0.5) is 0 Å². The fraction of sp³-hybridized carbons (Fsp3) is 0.667. The molecular formula is C15H22O2. The Morgan fingerprint density at radius 2 is 2.24 bits per heavy atom. The Balaban J connectivity index is 2.22. The number of carbonyl (C=O) groups is 1. The molecule has 0 amide bonds. The van der Waals surface area contributed by atoms with Gasteiger partial charge in [0.1, 0.15) is 0 Å². The fourth-order valence-corrected chi connectivity index (χ4v) is 3.31. The van der Waals surface area contributed by atoms with Gasteiger partial charge in [0.2, 0.25) is 0 Å². The standard InChI is InChI=1S/C15H22O2/c1-10-5-4-6-11(9-16)14(17)7-13-12(10)8-15(13,2)3/h6,12-13,16H,1,4-5,7-9H2,2-3H3. The van der Waals surface area contributed by atoms with E-state index in [0.29, 0.717) is 23.8 Å². The number of hydrogen-bond donors (Lipinski definition) is 1. The molecule has 0 saturated heterocycles. The second-order valence-corrected chi connectivity index (χ2v) is 6.12. The van der Waals surface area contributed by atoms with E-state index in [1.54, 1.807) is 0 Å². The predicted molar refractivity (Wildman–Crippen MR) is 68.5 cm³/mol. The molecule has 0 spiro atoms. The molecule has 94 valence electrons. The summed E-state index contributed by atoms with van der Waals surface area (Å²) in [6.45, 7) is 8.52. The normalized spacial score (nSPS) is 32.8. The highest BCUT2D eigenvalue weighted by Gasteiger charge is 2.48. The third-order valence-electron chi connectivity index (χ3n) is 4.55. The van der Waals surface area contributed by atoms with E-state index in [2.05, 4.69) is 20.4 Å². The number of aliphatic hydroxyl groups is 1. The lowest BCUT2D eigenvalue weighted by Gasteiger charge is -2.52. The van der Waals surface area contributed by atoms with Crippen molar-refractivity contribution in [2.24, 2.45) is 17.3 Å². The van der Waals surface area contributed by atoms with Gasteiger partial charge >= 0.3 is 0 Å². The van der Waals surface area contributed by atoms with Gasteiger partial charge in [0.05, 0.1) is 6.61 Å². The van der Waals surface area contributed by atoms with E-state index in [9.17, 15) is 9.90 Å². The van der Waals surface area contributed by atoms with E-state index in [4.69, 9.17) is 0 Å². The molecule has 2 atom stereocenters. The molecule has 1 saturated carbocycles. The van der Waals surface area contributed by atoms with Crippen molar-refractivity contribution in [3.63, 3.8) is 0 Å². The van der Waals surface area contributed by atoms with E-state index in [0.717, 1.165) is 19.3 Å². The minimum absolute atomic E-state index is 0.122. The molecule has 0 radical (unpaired) electrons. The first kappa shape index (κ1) is 12.6. The molecule has 0 aromatic rings. The zero-order valence-corrected chi connectivity index (χ0v) is 10.8. The molecule has 0 aliphatic heterocycles. The van der Waals surface area contributed by atoms with Crippen molar-refractivity contribution in [3.05, 3.63) is 23.8 Å². The lowest BCUT2D eigenvalue weighted by Crippen LogP contribution is -2.45. The molecule has 2 unspecified atom stereocenters. The maximum Gasteiger partial charge on any atom is 0.161 e. The van der Waals surface area contributed by atoms with Crippen molar-refractivity contribution in [3.8, 4) is 0 Å². The van der Waals surface area contributed by atoms with Crippen LogP contribution in [-0.4, -0.2) is 17.5 Å². The number of fused-ring (bicyclic) bond motifs is 1. The van der Waals surface area contributed by atoms with Gasteiger partial charge in [0, 0.05) is 12.0 Å². The van der Waals surface area contributed by atoms with E-state index in [1.165, 1.54) is 5.57 Å². The number of rotatable bonds is 1. The van der Waals surface area contributed by atoms with Gasteiger partial charge in [0.15, 0.2) is 5.78 Å². The zero-order valence-electron chi connectivity index (χ0n) is 10.8. The Hall–Kier alpha value is -0.890. The maximum absolute atomic E-state index is 12.1. The van der Waals surface area contributed by atoms with Crippen LogP contribution in [0.1, 0.15) is 39.5 Å². The minimum atomic E-state index is -0.122. The highest BCUT2D eigenvalue weighted by Crippen LogP contribution is 2.56. The van der Waals surface area contributed by atoms with Crippen molar-refractivity contribution < 1.29 is 9.90 Å². The molecule has 2 aliphatic carbocycles. The fourth-order valence-electron chi connectivity index (χ4n) is 3.31. The molecule has 17 heavy (non-hydrogen) atoms. The van der Waals surface area contributed by atoms with Crippen LogP contribution in [0.25, 0.3) is 0 Å². The Morgan fingerprint density at radius 3 is 2.82 bits per heavy atom. The monoisotopic (exact) mass is 234 g/mol. The zero-order chi connectivity index (χ0) is 12.6. The summed E-state index contributed by atoms with van der Waals surface area (Å²) in [5, 5.41) is 9.22. The second-order valence-electron chi connectivity index (χ2n) is 6.12. The van der Waals surface area contributed by atoms with Crippen molar-refractivity contribution >= 4 is 5.78 Å². The molecule has 2 heteroatoms. The van der Waals surface area contributed by atoms with Crippen LogP contribution < -0.4 is 0 Å². The Kier molecular flexibility index (Phi) is 3.26. The summed E-state index contributed by atoms with van der Waals surface area (Å²) < 4.78 is 0. The maximum atomic E-state index is 12.1. The Bertz CT molecular complexity index is 376. The van der Waals surface area contributed by atoms with Crippen LogP contribution in [0.3, 0.4) is 0 Å². The number of hydrogen-bond acceptors (Lipinski definition) is 2. The van der Waals surface area contributed by atoms with Gasteiger partial charge in [-0.15, -0.1) is 0 Å². The van der Waals surface area contributed by atoms with Crippen LogP contribution in [0.5, 0.6) is 0 Å². The SMILES string of the molecule is C=C1CCC=C(CO)C(=O)CC2C1CC2(C)C. The third-order valence-corrected chi connectivity index (χ3v) is 4.55. The Labute approximate surface area is 103 Å². The topological polar surface area (TPSA) is 37.3 Å². The minimum Gasteiger partial charge on any atom is -0.392 e. The first-order valence-electron chi connectivity index (χ1n) is 6.46. The van der Waals surface area contributed by atoms with E-state index < -0.39 is 0 Å². The van der Waals surface area contributed by atoms with Gasteiger partial charge in [-0.1, -0.05) is 32.1 Å². The number of ketones is 1. The molecule has 0 bridgehead atoms. The van der Waals surface area contributed by atoms with Crippen LogP contribution in [0, 0.1) is 17.3 Å². The van der Waals surface area contributed by atoms with E-state index >= 15 is 0 Å². The Morgan fingerprint density at radius 1 is 1.53 bits per heavy atom. The lowest BCUT2D eigenvalue weighted by atomic mass is 9.52. The van der Waals surface area contributed by atoms with Crippen LogP contribution >= 0.6 is 0 Å². The van der Waals surface area contributed by atoms with Crippen molar-refractivity contribution in [2.45, 2.75) is 39.5 Å². The highest BCUT2D eigenvalue weighted by atomic mass is 16.3. The largest absolute Gasteiger partial charge is 0.392 e. The molecule has 0 aromatic carbocycles. The van der Waals surface area contributed by atoms with Crippen molar-refractivity contribution in [2.75, 3.05) is 6.61 Å². The molecule has 1 N–H and O–H groups in total. The summed E-state index contributed by atoms with van der Waals surface area (Å²) in [6.07, 6.45) is 5.41. The van der Waals surface area contributed by atoms with Gasteiger partial charge in [0.25, 0.3) is 0 Å². The lowest BCUT2D eigenvalue weighted by molar-refractivity contribution is -0.121. The molecule has 2 nitrogen and oxygen atoms in total. The van der Waals surface area contributed by atoms with Gasteiger partial charge in [-0.25, -0.2) is 0 Å². The van der Waals surface area contributed by atoms with Gasteiger partial charge in [-0.05, 0) is 36.5 Å². The number of allylic oxidation sites excluding steroid dienone is 2. The van der Waals surface area contributed by atoms with E-state index in [-0.39, 0.29) is 17.8 Å². The van der Waals surface area contributed by atoms with Crippen molar-refractivity contribution in [1.82, 2.24) is 0 Å². The van der Waals surface area contributed by atoms with E-state index in [1.807, 2.05) is 6.08 Å². The summed E-state index contributed by atoms with van der Waals surface area (Å²) >= 11 is 0. The second kappa shape index (κ2) is 4.41. The molecule has 2 rings (SSSR count). The highest BCUT2D eigenvalue weighted by molar-refractivity contribution is 5.95. The molecule has 0 aromatic heterocycles. The third kappa shape index (κ3) is 2.23. The summed E-state index contributed by atoms with van der Waals surface area (Å²) in [7, 11) is 0. The van der Waals surface area contributed by atoms with Crippen molar-refractivity contribution in [1.29, 1.82) is 0 Å². The number of aliphatic hydroxyl groups excluding tert-OH is 1. The summed E-state index contributed by atoms with van der Waals surface area (Å²) in [4.78, 5) is 12.1. The summed E-state index contributed by atoms with van der Waals surface area (Å²) in [6, 6.07) is 0. The molecule has 0 heterocycles. The first-order valence-corrected chi connectivity index (χ1v) is 6.46. The summed E-state index contributed by atoms with van der Waals surface area (Å²) in [5.41, 5.74) is 2.13. The number of Topliss-reactive ketones (excluding diaryl/α,β-unsaturated/α-hetero) is 1. The van der Waals surface area contributed by atoms with Gasteiger partial charge in [-0.3, -0.25) is 4.79 Å². The number of carbonyl (C=O) groups excluding carboxylic acids is 1. The smallest absolute Gasteiger partial charge is 0.161 e.